The van der Waals surface area contributed by atoms with E-state index in [0.29, 0.717) is 5.56 Å². The summed E-state index contributed by atoms with van der Waals surface area (Å²) >= 11 is 1.67. The minimum Gasteiger partial charge on any atom is -0.496 e. The van der Waals surface area contributed by atoms with Crippen LogP contribution >= 0.6 is 11.8 Å². The molecule has 0 radical (unpaired) electrons. The lowest BCUT2D eigenvalue weighted by Gasteiger charge is -2.10. The number of hydrogen-bond donors (Lipinski definition) is 1. The topological polar surface area (TPSA) is 52.3 Å². The molecule has 0 heterocycles. The van der Waals surface area contributed by atoms with E-state index in [4.69, 9.17) is 10.5 Å². The van der Waals surface area contributed by atoms with Crippen molar-refractivity contribution in [3.8, 4) is 5.75 Å². The Balaban J connectivity index is 2.19. The Labute approximate surface area is 123 Å². The molecule has 0 bridgehead atoms. The van der Waals surface area contributed by atoms with Gasteiger partial charge in [0.25, 0.3) is 0 Å². The second kappa shape index (κ2) is 6.48. The Morgan fingerprint density at radius 3 is 2.70 bits per heavy atom. The lowest BCUT2D eigenvalue weighted by molar-refractivity contribution is 0.101. The molecule has 0 spiro atoms. The first kappa shape index (κ1) is 14.5. The summed E-state index contributed by atoms with van der Waals surface area (Å²) in [5.41, 5.74) is 8.22. The Morgan fingerprint density at radius 1 is 1.25 bits per heavy atom. The maximum absolute atomic E-state index is 11.5. The van der Waals surface area contributed by atoms with Crippen LogP contribution in [0.2, 0.25) is 0 Å². The number of carbonyl (C=O) groups is 1. The average Bonchev–Trinajstić information content (AvgIpc) is 2.44. The number of thioether (sulfide) groups is 1. The van der Waals surface area contributed by atoms with Gasteiger partial charge >= 0.3 is 0 Å². The highest BCUT2D eigenvalue weighted by Crippen LogP contribution is 2.29. The van der Waals surface area contributed by atoms with Gasteiger partial charge in [-0.3, -0.25) is 4.79 Å². The van der Waals surface area contributed by atoms with Crippen molar-refractivity contribution in [1.82, 2.24) is 0 Å². The highest BCUT2D eigenvalue weighted by atomic mass is 32.2. The number of nitrogens with two attached hydrogens (primary N) is 1. The van der Waals surface area contributed by atoms with Gasteiger partial charge in [-0.25, -0.2) is 0 Å². The van der Waals surface area contributed by atoms with E-state index < -0.39 is 0 Å². The SMILES string of the molecule is COc1ccc(C(C)=O)cc1CSc1cccc(N)c1. The average molecular weight is 287 g/mol. The zero-order chi connectivity index (χ0) is 14.5. The summed E-state index contributed by atoms with van der Waals surface area (Å²) in [6.07, 6.45) is 0. The quantitative estimate of drug-likeness (QED) is 0.516. The smallest absolute Gasteiger partial charge is 0.159 e. The molecule has 3 nitrogen and oxygen atoms in total. The fourth-order valence-electron chi connectivity index (χ4n) is 1.88. The van der Waals surface area contributed by atoms with E-state index >= 15 is 0 Å². The molecule has 0 amide bonds. The van der Waals surface area contributed by atoms with Gasteiger partial charge in [-0.2, -0.15) is 0 Å². The van der Waals surface area contributed by atoms with Crippen LogP contribution in [0.5, 0.6) is 5.75 Å². The summed E-state index contributed by atoms with van der Waals surface area (Å²) < 4.78 is 5.34. The maximum atomic E-state index is 11.5. The standard InChI is InChI=1S/C16H17NO2S/c1-11(18)12-6-7-16(19-2)13(8-12)10-20-15-5-3-4-14(17)9-15/h3-9H,10,17H2,1-2H3. The summed E-state index contributed by atoms with van der Waals surface area (Å²) in [5, 5.41) is 0. The molecule has 0 aliphatic heterocycles. The first-order valence-electron chi connectivity index (χ1n) is 6.26. The third-order valence-corrected chi connectivity index (χ3v) is 3.98. The van der Waals surface area contributed by atoms with Crippen LogP contribution in [0, 0.1) is 0 Å². The zero-order valence-electron chi connectivity index (χ0n) is 11.6. The number of nitrogen functional groups attached to an aromatic ring is 1. The predicted octanol–water partition coefficient (Wildman–Crippen LogP) is 3.77. The zero-order valence-corrected chi connectivity index (χ0v) is 12.4. The van der Waals surface area contributed by atoms with Crippen LogP contribution in [-0.4, -0.2) is 12.9 Å². The second-order valence-electron chi connectivity index (χ2n) is 4.44. The maximum Gasteiger partial charge on any atom is 0.159 e. The third-order valence-electron chi connectivity index (χ3n) is 2.94. The van der Waals surface area contributed by atoms with Crippen molar-refractivity contribution in [2.75, 3.05) is 12.8 Å². The number of anilines is 1. The molecule has 0 fully saturated rings. The van der Waals surface area contributed by atoms with E-state index in [0.717, 1.165) is 27.6 Å². The number of carbonyl (C=O) groups excluding carboxylic acids is 1. The van der Waals surface area contributed by atoms with Gasteiger partial charge in [0.2, 0.25) is 0 Å². The van der Waals surface area contributed by atoms with Crippen molar-refractivity contribution in [3.63, 3.8) is 0 Å². The van der Waals surface area contributed by atoms with Gasteiger partial charge in [-0.1, -0.05) is 6.07 Å². The van der Waals surface area contributed by atoms with Crippen LogP contribution in [-0.2, 0) is 5.75 Å². The molecule has 2 N–H and O–H groups in total. The van der Waals surface area contributed by atoms with Crippen molar-refractivity contribution < 1.29 is 9.53 Å². The molecule has 4 heteroatoms. The van der Waals surface area contributed by atoms with Crippen molar-refractivity contribution in [2.24, 2.45) is 0 Å². The Kier molecular flexibility index (Phi) is 4.69. The van der Waals surface area contributed by atoms with Crippen molar-refractivity contribution in [1.29, 1.82) is 0 Å². The van der Waals surface area contributed by atoms with Gasteiger partial charge < -0.3 is 10.5 Å². The van der Waals surface area contributed by atoms with Gasteiger partial charge in [0.1, 0.15) is 5.75 Å². The monoisotopic (exact) mass is 287 g/mol. The third kappa shape index (κ3) is 3.54. The van der Waals surface area contributed by atoms with E-state index in [-0.39, 0.29) is 5.78 Å². The van der Waals surface area contributed by atoms with Gasteiger partial charge in [-0.15, -0.1) is 11.8 Å². The van der Waals surface area contributed by atoms with Crippen LogP contribution in [0.25, 0.3) is 0 Å². The number of benzene rings is 2. The van der Waals surface area contributed by atoms with Gasteiger partial charge in [0, 0.05) is 27.5 Å². The Bertz CT molecular complexity index is 626. The molecule has 0 atom stereocenters. The van der Waals surface area contributed by atoms with Gasteiger partial charge in [0.15, 0.2) is 5.78 Å². The number of Topliss-reactive ketones (excluding diaryl/α,β-unsaturated/α-hetero) is 1. The molecule has 0 aliphatic carbocycles. The lowest BCUT2D eigenvalue weighted by atomic mass is 10.1. The Morgan fingerprint density at radius 2 is 2.05 bits per heavy atom. The highest BCUT2D eigenvalue weighted by Gasteiger charge is 2.08. The molecule has 0 saturated heterocycles. The van der Waals surface area contributed by atoms with Gasteiger partial charge in [-0.05, 0) is 43.3 Å². The first-order chi connectivity index (χ1) is 9.60. The van der Waals surface area contributed by atoms with Crippen molar-refractivity contribution in [3.05, 3.63) is 53.6 Å². The van der Waals surface area contributed by atoms with E-state index in [1.807, 2.05) is 36.4 Å². The summed E-state index contributed by atoms with van der Waals surface area (Å²) in [7, 11) is 1.64. The van der Waals surface area contributed by atoms with Crippen LogP contribution in [0.4, 0.5) is 5.69 Å². The molecule has 0 unspecified atom stereocenters. The molecule has 20 heavy (non-hydrogen) atoms. The van der Waals surface area contributed by atoms with E-state index in [2.05, 4.69) is 0 Å². The van der Waals surface area contributed by atoms with Crippen LogP contribution in [0.1, 0.15) is 22.8 Å². The highest BCUT2D eigenvalue weighted by molar-refractivity contribution is 7.98. The first-order valence-corrected chi connectivity index (χ1v) is 7.25. The molecular formula is C16H17NO2S. The number of hydrogen-bond acceptors (Lipinski definition) is 4. The summed E-state index contributed by atoms with van der Waals surface area (Å²) in [6, 6.07) is 13.3. The lowest BCUT2D eigenvalue weighted by Crippen LogP contribution is -1.97. The summed E-state index contributed by atoms with van der Waals surface area (Å²) in [4.78, 5) is 12.5. The summed E-state index contributed by atoms with van der Waals surface area (Å²) in [5.74, 6) is 1.59. The molecule has 0 saturated carbocycles. The number of methoxy groups -OCH3 is 1. The van der Waals surface area contributed by atoms with Crippen molar-refractivity contribution >= 4 is 23.2 Å². The second-order valence-corrected chi connectivity index (χ2v) is 5.49. The molecular weight excluding hydrogens is 270 g/mol. The normalized spacial score (nSPS) is 10.3. The van der Waals surface area contributed by atoms with Crippen LogP contribution in [0.15, 0.2) is 47.4 Å². The molecule has 2 aromatic rings. The molecule has 0 aliphatic rings. The van der Waals surface area contributed by atoms with E-state index in [1.165, 1.54) is 0 Å². The van der Waals surface area contributed by atoms with E-state index in [9.17, 15) is 4.79 Å². The van der Waals surface area contributed by atoms with Crippen LogP contribution in [0.3, 0.4) is 0 Å². The molecule has 0 aromatic heterocycles. The Hall–Kier alpha value is -1.94. The molecule has 2 rings (SSSR count). The number of ether oxygens (including phenoxy) is 1. The number of rotatable bonds is 5. The fraction of sp³-hybridized carbons (Fsp3) is 0.188. The van der Waals surface area contributed by atoms with Gasteiger partial charge in [0.05, 0.1) is 7.11 Å². The minimum atomic E-state index is 0.0582. The number of ketones is 1. The minimum absolute atomic E-state index is 0.0582. The van der Waals surface area contributed by atoms with Crippen LogP contribution < -0.4 is 10.5 Å². The molecule has 2 aromatic carbocycles. The summed E-state index contributed by atoms with van der Waals surface area (Å²) in [6.45, 7) is 1.57. The largest absolute Gasteiger partial charge is 0.496 e. The van der Waals surface area contributed by atoms with E-state index in [1.54, 1.807) is 31.9 Å². The predicted molar refractivity (Wildman–Crippen MR) is 83.4 cm³/mol. The van der Waals surface area contributed by atoms with Crippen molar-refractivity contribution in [2.45, 2.75) is 17.6 Å². The fourth-order valence-corrected chi connectivity index (χ4v) is 2.82. The molecule has 104 valence electrons.